The van der Waals surface area contributed by atoms with Gasteiger partial charge in [0.25, 0.3) is 0 Å². The van der Waals surface area contributed by atoms with Crippen LogP contribution in [0.4, 0.5) is 10.6 Å². The van der Waals surface area contributed by atoms with E-state index in [2.05, 4.69) is 25.3 Å². The van der Waals surface area contributed by atoms with Crippen LogP contribution in [0.3, 0.4) is 0 Å². The molecule has 0 aliphatic carbocycles. The third kappa shape index (κ3) is 3.95. The van der Waals surface area contributed by atoms with Crippen LogP contribution in [0, 0.1) is 0 Å². The number of rotatable bonds is 5. The molecule has 1 fully saturated rings. The Hall–Kier alpha value is -2.91. The smallest absolute Gasteiger partial charge is 0.409 e. The number of hydrogen-bond acceptors (Lipinski definition) is 7. The van der Waals surface area contributed by atoms with Gasteiger partial charge in [-0.15, -0.1) is 0 Å². The molecule has 2 amide bonds. The number of nitrogens with zero attached hydrogens (tertiary/aromatic N) is 5. The van der Waals surface area contributed by atoms with Crippen molar-refractivity contribution in [3.05, 3.63) is 12.7 Å². The lowest BCUT2D eigenvalue weighted by molar-refractivity contribution is -0.132. The molecule has 1 aliphatic rings. The molecule has 0 radical (unpaired) electrons. The summed E-state index contributed by atoms with van der Waals surface area (Å²) in [5.41, 5.74) is 1.30. The highest BCUT2D eigenvalue weighted by atomic mass is 16.6. The molecule has 0 saturated carbocycles. The number of anilines is 1. The predicted octanol–water partition coefficient (Wildman–Crippen LogP) is 0.456. The molecule has 10 heteroatoms. The maximum absolute atomic E-state index is 12.3. The monoisotopic (exact) mass is 347 g/mol. The lowest BCUT2D eigenvalue weighted by Crippen LogP contribution is -2.50. The van der Waals surface area contributed by atoms with Gasteiger partial charge in [0.1, 0.15) is 11.8 Å². The second-order valence-electron chi connectivity index (χ2n) is 5.57. The fourth-order valence-electron chi connectivity index (χ4n) is 2.70. The zero-order chi connectivity index (χ0) is 17.6. The quantitative estimate of drug-likeness (QED) is 0.807. The first-order valence-electron chi connectivity index (χ1n) is 8.26. The summed E-state index contributed by atoms with van der Waals surface area (Å²) in [4.78, 5) is 42.6. The van der Waals surface area contributed by atoms with Gasteiger partial charge in [0, 0.05) is 39.1 Å². The molecule has 2 N–H and O–H groups in total. The topological polar surface area (TPSA) is 116 Å². The van der Waals surface area contributed by atoms with Crippen LogP contribution in [0.5, 0.6) is 0 Å². The lowest BCUT2D eigenvalue weighted by Gasteiger charge is -2.34. The highest BCUT2D eigenvalue weighted by Gasteiger charge is 2.24. The molecule has 2 aromatic rings. The number of aromatic amines is 1. The van der Waals surface area contributed by atoms with Gasteiger partial charge in [0.15, 0.2) is 11.5 Å². The Bertz CT molecular complexity index is 740. The van der Waals surface area contributed by atoms with E-state index < -0.39 is 0 Å². The van der Waals surface area contributed by atoms with E-state index in [1.165, 1.54) is 6.33 Å². The van der Waals surface area contributed by atoms with E-state index in [9.17, 15) is 9.59 Å². The number of carbonyl (C=O) groups is 2. The van der Waals surface area contributed by atoms with Crippen molar-refractivity contribution in [3.63, 3.8) is 0 Å². The van der Waals surface area contributed by atoms with Gasteiger partial charge < -0.3 is 24.8 Å². The van der Waals surface area contributed by atoms with Gasteiger partial charge in [-0.3, -0.25) is 4.79 Å². The maximum Gasteiger partial charge on any atom is 0.409 e. The van der Waals surface area contributed by atoms with Gasteiger partial charge in [0.2, 0.25) is 5.91 Å². The molecule has 134 valence electrons. The first kappa shape index (κ1) is 16.9. The third-order valence-electron chi connectivity index (χ3n) is 4.01. The van der Waals surface area contributed by atoms with Crippen molar-refractivity contribution in [1.29, 1.82) is 0 Å². The van der Waals surface area contributed by atoms with Crippen molar-refractivity contribution >= 4 is 29.0 Å². The summed E-state index contributed by atoms with van der Waals surface area (Å²) in [7, 11) is 0. The van der Waals surface area contributed by atoms with E-state index in [1.54, 1.807) is 23.1 Å². The SMILES string of the molecule is CCOC(=O)N1CCN(C(=O)CCNc2ncnc3nc[nH]c23)CC1. The Balaban J connectivity index is 1.44. The average Bonchev–Trinajstić information content (AvgIpc) is 3.11. The van der Waals surface area contributed by atoms with Gasteiger partial charge in [-0.2, -0.15) is 0 Å². The van der Waals surface area contributed by atoms with Crippen molar-refractivity contribution < 1.29 is 14.3 Å². The third-order valence-corrected chi connectivity index (χ3v) is 4.01. The van der Waals surface area contributed by atoms with Gasteiger partial charge in [-0.1, -0.05) is 0 Å². The lowest BCUT2D eigenvalue weighted by atomic mass is 10.3. The van der Waals surface area contributed by atoms with Crippen molar-refractivity contribution in [2.24, 2.45) is 0 Å². The fraction of sp³-hybridized carbons (Fsp3) is 0.533. The normalized spacial score (nSPS) is 14.6. The first-order valence-corrected chi connectivity index (χ1v) is 8.26. The highest BCUT2D eigenvalue weighted by molar-refractivity contribution is 5.82. The van der Waals surface area contributed by atoms with E-state index in [4.69, 9.17) is 4.74 Å². The number of ether oxygens (including phenoxy) is 1. The largest absolute Gasteiger partial charge is 0.450 e. The number of nitrogens with one attached hydrogen (secondary N) is 2. The number of imidazole rings is 1. The van der Waals surface area contributed by atoms with Crippen molar-refractivity contribution in [1.82, 2.24) is 29.7 Å². The number of carbonyl (C=O) groups excluding carboxylic acids is 2. The number of hydrogen-bond donors (Lipinski definition) is 2. The molecule has 2 aromatic heterocycles. The molecule has 10 nitrogen and oxygen atoms in total. The first-order chi connectivity index (χ1) is 12.2. The molecule has 3 rings (SSSR count). The molecule has 1 saturated heterocycles. The van der Waals surface area contributed by atoms with Crippen LogP contribution in [0.1, 0.15) is 13.3 Å². The molecule has 0 atom stereocenters. The molecule has 0 aromatic carbocycles. The number of amides is 2. The summed E-state index contributed by atoms with van der Waals surface area (Å²) in [5, 5.41) is 3.13. The van der Waals surface area contributed by atoms with Crippen molar-refractivity contribution in [2.75, 3.05) is 44.6 Å². The van der Waals surface area contributed by atoms with Crippen LogP contribution in [0.15, 0.2) is 12.7 Å². The van der Waals surface area contributed by atoms with E-state index >= 15 is 0 Å². The van der Waals surface area contributed by atoms with Crippen molar-refractivity contribution in [3.8, 4) is 0 Å². The van der Waals surface area contributed by atoms with Crippen LogP contribution in [-0.4, -0.2) is 81.1 Å². The number of piperazine rings is 1. The van der Waals surface area contributed by atoms with Crippen LogP contribution in [0.2, 0.25) is 0 Å². The van der Waals surface area contributed by atoms with Crippen molar-refractivity contribution in [2.45, 2.75) is 13.3 Å². The Morgan fingerprint density at radius 2 is 1.96 bits per heavy atom. The zero-order valence-corrected chi connectivity index (χ0v) is 14.1. The second kappa shape index (κ2) is 7.77. The van der Waals surface area contributed by atoms with Gasteiger partial charge in [0.05, 0.1) is 12.9 Å². The summed E-state index contributed by atoms with van der Waals surface area (Å²) in [6.07, 6.45) is 3.02. The average molecular weight is 347 g/mol. The van der Waals surface area contributed by atoms with Crippen LogP contribution in [0.25, 0.3) is 11.2 Å². The second-order valence-corrected chi connectivity index (χ2v) is 5.57. The Morgan fingerprint density at radius 1 is 1.20 bits per heavy atom. The maximum atomic E-state index is 12.3. The van der Waals surface area contributed by atoms with Gasteiger partial charge >= 0.3 is 6.09 Å². The van der Waals surface area contributed by atoms with E-state index in [-0.39, 0.29) is 12.0 Å². The Kier molecular flexibility index (Phi) is 5.26. The minimum absolute atomic E-state index is 0.0471. The van der Waals surface area contributed by atoms with Crippen LogP contribution < -0.4 is 5.32 Å². The van der Waals surface area contributed by atoms with Gasteiger partial charge in [-0.25, -0.2) is 19.7 Å². The van der Waals surface area contributed by atoms with E-state index in [1.807, 2.05) is 0 Å². The fourth-order valence-corrected chi connectivity index (χ4v) is 2.70. The number of aromatic nitrogens is 4. The molecular weight excluding hydrogens is 326 g/mol. The standard InChI is InChI=1S/C15H21N7O3/c1-2-25-15(24)22-7-5-21(6-8-22)11(23)3-4-16-13-12-14(18-9-17-12)20-10-19-13/h9-10H,2-8H2,1H3,(H2,16,17,18,19,20). The number of H-pyrrole nitrogens is 1. The molecule has 3 heterocycles. The summed E-state index contributed by atoms with van der Waals surface area (Å²) >= 11 is 0. The highest BCUT2D eigenvalue weighted by Crippen LogP contribution is 2.14. The summed E-state index contributed by atoms with van der Waals surface area (Å²) in [6.45, 7) is 4.64. The minimum Gasteiger partial charge on any atom is -0.450 e. The molecule has 0 bridgehead atoms. The molecule has 0 unspecified atom stereocenters. The van der Waals surface area contributed by atoms with Crippen LogP contribution >= 0.6 is 0 Å². The van der Waals surface area contributed by atoms with Crippen LogP contribution in [-0.2, 0) is 9.53 Å². The molecular formula is C15H21N7O3. The number of fused-ring (bicyclic) bond motifs is 1. The van der Waals surface area contributed by atoms with Gasteiger partial charge in [-0.05, 0) is 6.92 Å². The van der Waals surface area contributed by atoms with E-state index in [0.29, 0.717) is 57.2 Å². The molecule has 25 heavy (non-hydrogen) atoms. The molecule has 1 aliphatic heterocycles. The predicted molar refractivity (Wildman–Crippen MR) is 90.0 cm³/mol. The van der Waals surface area contributed by atoms with E-state index in [0.717, 1.165) is 5.52 Å². The summed E-state index contributed by atoms with van der Waals surface area (Å²) in [6, 6.07) is 0. The Morgan fingerprint density at radius 3 is 2.72 bits per heavy atom. The molecule has 0 spiro atoms. The summed E-state index contributed by atoms with van der Waals surface area (Å²) in [5.74, 6) is 0.674. The zero-order valence-electron chi connectivity index (χ0n) is 14.1. The minimum atomic E-state index is -0.316. The Labute approximate surface area is 144 Å². The summed E-state index contributed by atoms with van der Waals surface area (Å²) < 4.78 is 4.97.